The summed E-state index contributed by atoms with van der Waals surface area (Å²) in [6.07, 6.45) is 0.645. The van der Waals surface area contributed by atoms with E-state index in [-0.39, 0.29) is 23.3 Å². The maximum Gasteiger partial charge on any atom is 0.348 e. The number of amides is 1. The Morgan fingerprint density at radius 2 is 2.08 bits per heavy atom. The number of rotatable bonds is 3. The van der Waals surface area contributed by atoms with E-state index >= 15 is 0 Å². The van der Waals surface area contributed by atoms with E-state index in [4.69, 9.17) is 4.42 Å². The van der Waals surface area contributed by atoms with Crippen LogP contribution in [0, 0.1) is 6.92 Å². The molecule has 0 fully saturated rings. The standard InChI is InChI=1S/C18H18N2O4/c1-3-16(22)20-14(12-7-5-4-6-8-12)10-13(19-20)17-15(21)9-11(2)24-18(17)23/h4-9,14,21H,3,10H2,1-2H3/t14-/m1/s1. The molecule has 1 atom stereocenters. The van der Waals surface area contributed by atoms with Gasteiger partial charge in [-0.05, 0) is 12.5 Å². The Morgan fingerprint density at radius 3 is 2.71 bits per heavy atom. The first kappa shape index (κ1) is 16.0. The van der Waals surface area contributed by atoms with Crippen molar-refractivity contribution in [2.45, 2.75) is 32.7 Å². The van der Waals surface area contributed by atoms with E-state index in [1.165, 1.54) is 11.1 Å². The lowest BCUT2D eigenvalue weighted by Gasteiger charge is -2.21. The van der Waals surface area contributed by atoms with Gasteiger partial charge in [0.2, 0.25) is 5.91 Å². The molecule has 0 spiro atoms. The number of hydrazone groups is 1. The van der Waals surface area contributed by atoms with Crippen LogP contribution >= 0.6 is 0 Å². The van der Waals surface area contributed by atoms with E-state index in [1.807, 2.05) is 30.3 Å². The second-order valence-corrected chi connectivity index (χ2v) is 5.67. The number of nitrogens with zero attached hydrogens (tertiary/aromatic N) is 2. The molecular weight excluding hydrogens is 308 g/mol. The zero-order valence-corrected chi connectivity index (χ0v) is 13.5. The van der Waals surface area contributed by atoms with Gasteiger partial charge in [-0.1, -0.05) is 37.3 Å². The summed E-state index contributed by atoms with van der Waals surface area (Å²) >= 11 is 0. The molecule has 2 aromatic rings. The predicted molar refractivity (Wildman–Crippen MR) is 88.9 cm³/mol. The molecule has 0 saturated carbocycles. The van der Waals surface area contributed by atoms with Crippen molar-refractivity contribution in [3.05, 3.63) is 63.7 Å². The van der Waals surface area contributed by atoms with Gasteiger partial charge in [-0.25, -0.2) is 9.80 Å². The van der Waals surface area contributed by atoms with Crippen molar-refractivity contribution in [2.75, 3.05) is 0 Å². The van der Waals surface area contributed by atoms with E-state index < -0.39 is 5.63 Å². The first-order valence-corrected chi connectivity index (χ1v) is 7.79. The third-order valence-corrected chi connectivity index (χ3v) is 4.00. The minimum absolute atomic E-state index is 0.0212. The van der Waals surface area contributed by atoms with Crippen LogP contribution in [0.5, 0.6) is 5.75 Å². The Kier molecular flexibility index (Phi) is 4.20. The van der Waals surface area contributed by atoms with Crippen molar-refractivity contribution in [2.24, 2.45) is 5.10 Å². The highest BCUT2D eigenvalue weighted by atomic mass is 16.4. The van der Waals surface area contributed by atoms with Crippen molar-refractivity contribution >= 4 is 11.6 Å². The van der Waals surface area contributed by atoms with Crippen LogP contribution in [0.15, 0.2) is 50.7 Å². The number of hydrogen-bond acceptors (Lipinski definition) is 5. The molecule has 24 heavy (non-hydrogen) atoms. The number of benzene rings is 1. The monoisotopic (exact) mass is 326 g/mol. The Labute approximate surface area is 139 Å². The van der Waals surface area contributed by atoms with E-state index in [0.717, 1.165) is 5.56 Å². The second-order valence-electron chi connectivity index (χ2n) is 5.67. The third-order valence-electron chi connectivity index (χ3n) is 4.00. The van der Waals surface area contributed by atoms with Crippen molar-refractivity contribution in [1.29, 1.82) is 0 Å². The van der Waals surface area contributed by atoms with Gasteiger partial charge >= 0.3 is 5.63 Å². The van der Waals surface area contributed by atoms with Crippen molar-refractivity contribution in [1.82, 2.24) is 5.01 Å². The average Bonchev–Trinajstić information content (AvgIpc) is 2.99. The second kappa shape index (κ2) is 6.31. The number of aryl methyl sites for hydroxylation is 1. The summed E-state index contributed by atoms with van der Waals surface area (Å²) < 4.78 is 5.06. The molecule has 1 amide bonds. The van der Waals surface area contributed by atoms with Gasteiger partial charge in [-0.3, -0.25) is 4.79 Å². The van der Waals surface area contributed by atoms with Gasteiger partial charge in [0, 0.05) is 18.9 Å². The van der Waals surface area contributed by atoms with Crippen LogP contribution in [-0.4, -0.2) is 21.7 Å². The van der Waals surface area contributed by atoms with Crippen molar-refractivity contribution < 1.29 is 14.3 Å². The van der Waals surface area contributed by atoms with Gasteiger partial charge in [-0.15, -0.1) is 0 Å². The summed E-state index contributed by atoms with van der Waals surface area (Å²) in [5.41, 5.74) is 0.655. The lowest BCUT2D eigenvalue weighted by atomic mass is 9.98. The van der Waals surface area contributed by atoms with Crippen LogP contribution < -0.4 is 5.63 Å². The summed E-state index contributed by atoms with van der Waals surface area (Å²) in [5.74, 6) is -0.00380. The quantitative estimate of drug-likeness (QED) is 0.940. The van der Waals surface area contributed by atoms with E-state index in [0.29, 0.717) is 24.3 Å². The van der Waals surface area contributed by atoms with Gasteiger partial charge in [0.25, 0.3) is 0 Å². The minimum Gasteiger partial charge on any atom is -0.507 e. The minimum atomic E-state index is -0.649. The Hall–Kier alpha value is -2.89. The molecule has 124 valence electrons. The van der Waals surface area contributed by atoms with Crippen LogP contribution in [0.3, 0.4) is 0 Å². The van der Waals surface area contributed by atoms with Crippen LogP contribution in [0.25, 0.3) is 0 Å². The number of hydrogen-bond donors (Lipinski definition) is 1. The zero-order valence-electron chi connectivity index (χ0n) is 13.5. The van der Waals surface area contributed by atoms with Crippen molar-refractivity contribution in [3.63, 3.8) is 0 Å². The number of carbonyl (C=O) groups is 1. The lowest BCUT2D eigenvalue weighted by molar-refractivity contribution is -0.132. The van der Waals surface area contributed by atoms with Crippen LogP contribution in [0.2, 0.25) is 0 Å². The maximum atomic E-state index is 12.3. The largest absolute Gasteiger partial charge is 0.507 e. The molecular formula is C18H18N2O4. The van der Waals surface area contributed by atoms with Gasteiger partial charge in [0.1, 0.15) is 17.1 Å². The molecule has 1 aromatic heterocycles. The summed E-state index contributed by atoms with van der Waals surface area (Å²) in [7, 11) is 0. The first-order valence-electron chi connectivity index (χ1n) is 7.79. The first-order chi connectivity index (χ1) is 11.5. The Balaban J connectivity index is 2.05. The Morgan fingerprint density at radius 1 is 1.38 bits per heavy atom. The average molecular weight is 326 g/mol. The third kappa shape index (κ3) is 2.82. The van der Waals surface area contributed by atoms with Gasteiger partial charge in [0.15, 0.2) is 0 Å². The van der Waals surface area contributed by atoms with E-state index in [1.54, 1.807) is 13.8 Å². The fourth-order valence-corrected chi connectivity index (χ4v) is 2.85. The molecule has 0 radical (unpaired) electrons. The molecule has 0 unspecified atom stereocenters. The van der Waals surface area contributed by atoms with Crippen LogP contribution in [0.1, 0.15) is 42.7 Å². The topological polar surface area (TPSA) is 83.1 Å². The number of aromatic hydroxyl groups is 1. The van der Waals surface area contributed by atoms with Crippen LogP contribution in [0.4, 0.5) is 0 Å². The van der Waals surface area contributed by atoms with E-state index in [2.05, 4.69) is 5.10 Å². The lowest BCUT2D eigenvalue weighted by Crippen LogP contribution is -2.26. The molecule has 2 heterocycles. The van der Waals surface area contributed by atoms with Gasteiger partial charge < -0.3 is 9.52 Å². The van der Waals surface area contributed by atoms with Crippen LogP contribution in [-0.2, 0) is 4.79 Å². The molecule has 0 saturated heterocycles. The SMILES string of the molecule is CCC(=O)N1N=C(c2c(O)cc(C)oc2=O)C[C@@H]1c1ccccc1. The highest BCUT2D eigenvalue weighted by molar-refractivity contribution is 6.04. The molecule has 0 bridgehead atoms. The molecule has 1 aliphatic heterocycles. The molecule has 1 aromatic carbocycles. The summed E-state index contributed by atoms with van der Waals surface area (Å²) in [5, 5.41) is 15.8. The van der Waals surface area contributed by atoms with E-state index in [9.17, 15) is 14.7 Å². The molecule has 1 N–H and O–H groups in total. The summed E-state index contributed by atoms with van der Waals surface area (Å²) in [6.45, 7) is 3.34. The maximum absolute atomic E-state index is 12.3. The smallest absolute Gasteiger partial charge is 0.348 e. The fourth-order valence-electron chi connectivity index (χ4n) is 2.85. The number of carbonyl (C=O) groups excluding carboxylic acids is 1. The zero-order chi connectivity index (χ0) is 17.3. The highest BCUT2D eigenvalue weighted by Gasteiger charge is 2.34. The van der Waals surface area contributed by atoms with Crippen molar-refractivity contribution in [3.8, 4) is 5.75 Å². The molecule has 3 rings (SSSR count). The fraction of sp³-hybridized carbons (Fsp3) is 0.278. The summed E-state index contributed by atoms with van der Waals surface area (Å²) in [4.78, 5) is 24.4. The van der Waals surface area contributed by atoms with Gasteiger partial charge in [0.05, 0.1) is 11.8 Å². The molecule has 6 nitrogen and oxygen atoms in total. The highest BCUT2D eigenvalue weighted by Crippen LogP contribution is 2.34. The van der Waals surface area contributed by atoms with Gasteiger partial charge in [-0.2, -0.15) is 5.10 Å². The predicted octanol–water partition coefficient (Wildman–Crippen LogP) is 2.74. The normalized spacial score (nSPS) is 17.0. The Bertz CT molecular complexity index is 855. The summed E-state index contributed by atoms with van der Waals surface area (Å²) in [6, 6.07) is 10.6. The molecule has 1 aliphatic rings. The molecule has 6 heteroatoms. The molecule has 0 aliphatic carbocycles.